The van der Waals surface area contributed by atoms with Crippen LogP contribution in [0.2, 0.25) is 0 Å². The lowest BCUT2D eigenvalue weighted by molar-refractivity contribution is 0.0909. The van der Waals surface area contributed by atoms with Gasteiger partial charge in [0.25, 0.3) is 5.91 Å². The molecule has 1 amide bonds. The number of aryl methyl sites for hydroxylation is 1. The normalized spacial score (nSPS) is 16.8. The lowest BCUT2D eigenvalue weighted by Crippen LogP contribution is -2.48. The number of hydrogen-bond acceptors (Lipinski definition) is 5. The van der Waals surface area contributed by atoms with Gasteiger partial charge in [0, 0.05) is 44.2 Å². The Morgan fingerprint density at radius 1 is 1.11 bits per heavy atom. The van der Waals surface area contributed by atoms with E-state index in [0.29, 0.717) is 12.3 Å². The van der Waals surface area contributed by atoms with Crippen molar-refractivity contribution in [1.82, 2.24) is 15.1 Å². The van der Waals surface area contributed by atoms with Gasteiger partial charge in [0.2, 0.25) is 0 Å². The smallest absolute Gasteiger partial charge is 0.287 e. The number of amides is 1. The third-order valence-electron chi connectivity index (χ3n) is 5.12. The average molecular weight is 404 g/mol. The minimum Gasteiger partial charge on any atom is -0.455 e. The van der Waals surface area contributed by atoms with E-state index >= 15 is 0 Å². The molecule has 7 heteroatoms. The van der Waals surface area contributed by atoms with Crippen LogP contribution in [0.4, 0.5) is 0 Å². The van der Waals surface area contributed by atoms with Crippen molar-refractivity contribution < 1.29 is 13.4 Å². The molecule has 0 radical (unpaired) electrons. The lowest BCUT2D eigenvalue weighted by atomic mass is 10.2. The molecule has 1 aliphatic rings. The summed E-state index contributed by atoms with van der Waals surface area (Å²) in [6.45, 7) is 10.9. The van der Waals surface area contributed by atoms with E-state index in [-0.39, 0.29) is 17.4 Å². The second kappa shape index (κ2) is 10.0. The maximum absolute atomic E-state index is 12.5. The summed E-state index contributed by atoms with van der Waals surface area (Å²) in [6, 6.07) is 11.0. The predicted molar refractivity (Wildman–Crippen MR) is 111 cm³/mol. The Morgan fingerprint density at radius 3 is 2.54 bits per heavy atom. The molecule has 1 N–H and O–H groups in total. The Hall–Kier alpha value is -1.96. The molecule has 1 unspecified atom stereocenters. The van der Waals surface area contributed by atoms with Crippen LogP contribution in [0, 0.1) is 6.92 Å². The molecule has 1 aromatic carbocycles. The van der Waals surface area contributed by atoms with E-state index in [0.717, 1.165) is 49.7 Å². The van der Waals surface area contributed by atoms with Crippen LogP contribution in [-0.4, -0.2) is 65.7 Å². The zero-order valence-corrected chi connectivity index (χ0v) is 17.5. The minimum absolute atomic E-state index is 0.222. The molecule has 1 fully saturated rings. The van der Waals surface area contributed by atoms with Gasteiger partial charge in [0.1, 0.15) is 5.76 Å². The Kier molecular flexibility index (Phi) is 7.42. The molecular formula is C21H29N3O3S. The van der Waals surface area contributed by atoms with E-state index in [9.17, 15) is 9.00 Å². The summed E-state index contributed by atoms with van der Waals surface area (Å²) in [7, 11) is -1.19. The number of likely N-dealkylation sites (N-methyl/N-ethyl adjacent to an activating group) is 1. The van der Waals surface area contributed by atoms with Crippen molar-refractivity contribution in [2.24, 2.45) is 0 Å². The van der Waals surface area contributed by atoms with E-state index in [1.807, 2.05) is 31.2 Å². The number of nitrogens with zero attached hydrogens (tertiary/aromatic N) is 2. The van der Waals surface area contributed by atoms with Gasteiger partial charge in [-0.05, 0) is 37.2 Å². The van der Waals surface area contributed by atoms with Gasteiger partial charge in [-0.15, -0.1) is 0 Å². The number of nitrogens with one attached hydrogen (secondary N) is 1. The number of rotatable bonds is 8. The first kappa shape index (κ1) is 20.8. The van der Waals surface area contributed by atoms with Crippen LogP contribution in [0.3, 0.4) is 0 Å². The van der Waals surface area contributed by atoms with Gasteiger partial charge < -0.3 is 14.6 Å². The summed E-state index contributed by atoms with van der Waals surface area (Å²) >= 11 is 0. The maximum Gasteiger partial charge on any atom is 0.287 e. The molecule has 0 spiro atoms. The van der Waals surface area contributed by atoms with Crippen molar-refractivity contribution >= 4 is 16.7 Å². The zero-order valence-electron chi connectivity index (χ0n) is 16.6. The van der Waals surface area contributed by atoms with Crippen LogP contribution >= 0.6 is 0 Å². The van der Waals surface area contributed by atoms with E-state index in [1.54, 1.807) is 12.1 Å². The third kappa shape index (κ3) is 5.53. The van der Waals surface area contributed by atoms with Crippen LogP contribution in [0.1, 0.15) is 28.8 Å². The quantitative estimate of drug-likeness (QED) is 0.732. The number of furan rings is 1. The molecule has 1 aromatic heterocycles. The predicted octanol–water partition coefficient (Wildman–Crippen LogP) is 2.26. The van der Waals surface area contributed by atoms with Crippen molar-refractivity contribution in [3.8, 4) is 0 Å². The highest BCUT2D eigenvalue weighted by Crippen LogP contribution is 2.18. The van der Waals surface area contributed by atoms with Gasteiger partial charge >= 0.3 is 0 Å². The molecule has 28 heavy (non-hydrogen) atoms. The fraction of sp³-hybridized carbons (Fsp3) is 0.476. The van der Waals surface area contributed by atoms with E-state index in [4.69, 9.17) is 4.42 Å². The van der Waals surface area contributed by atoms with Crippen LogP contribution in [-0.2, 0) is 16.6 Å². The molecular weight excluding hydrogens is 374 g/mol. The highest BCUT2D eigenvalue weighted by Gasteiger charge is 2.17. The van der Waals surface area contributed by atoms with Crippen molar-refractivity contribution in [3.05, 3.63) is 53.5 Å². The van der Waals surface area contributed by atoms with Gasteiger partial charge in [-0.3, -0.25) is 13.9 Å². The van der Waals surface area contributed by atoms with Gasteiger partial charge in [-0.25, -0.2) is 0 Å². The molecule has 1 atom stereocenters. The molecule has 1 aliphatic heterocycles. The number of benzene rings is 1. The molecule has 2 heterocycles. The number of carbonyl (C=O) groups is 1. The lowest BCUT2D eigenvalue weighted by Gasteiger charge is -2.33. The third-order valence-corrected chi connectivity index (χ3v) is 6.62. The van der Waals surface area contributed by atoms with Gasteiger partial charge in [0.15, 0.2) is 5.76 Å². The summed E-state index contributed by atoms with van der Waals surface area (Å²) in [4.78, 5) is 17.9. The van der Waals surface area contributed by atoms with Crippen molar-refractivity contribution in [2.45, 2.75) is 24.5 Å². The molecule has 1 saturated heterocycles. The second-order valence-electron chi connectivity index (χ2n) is 7.05. The first-order valence-corrected chi connectivity index (χ1v) is 11.1. The monoisotopic (exact) mass is 403 g/mol. The molecule has 2 aromatic rings. The van der Waals surface area contributed by atoms with Gasteiger partial charge in [-0.2, -0.15) is 0 Å². The summed E-state index contributed by atoms with van der Waals surface area (Å²) in [5.74, 6) is 0.870. The highest BCUT2D eigenvalue weighted by atomic mass is 32.2. The Morgan fingerprint density at radius 2 is 1.82 bits per heavy atom. The molecule has 0 aliphatic carbocycles. The SMILES string of the molecule is CCN1CCN(CCNC(=O)c2ccc(CS(=O)c3ccccc3C)o2)CC1. The summed E-state index contributed by atoms with van der Waals surface area (Å²) in [6.07, 6.45) is 0. The molecule has 152 valence electrons. The number of hydrogen-bond donors (Lipinski definition) is 1. The van der Waals surface area contributed by atoms with Crippen LogP contribution in [0.15, 0.2) is 45.7 Å². The van der Waals surface area contributed by atoms with E-state index in [1.165, 1.54) is 0 Å². The largest absolute Gasteiger partial charge is 0.455 e. The minimum atomic E-state index is -1.19. The van der Waals surface area contributed by atoms with Crippen molar-refractivity contribution in [2.75, 3.05) is 45.8 Å². The topological polar surface area (TPSA) is 65.8 Å². The summed E-state index contributed by atoms with van der Waals surface area (Å²) < 4.78 is 18.2. The Bertz CT molecular complexity index is 813. The van der Waals surface area contributed by atoms with Crippen LogP contribution in [0.5, 0.6) is 0 Å². The maximum atomic E-state index is 12.5. The Balaban J connectivity index is 1.45. The van der Waals surface area contributed by atoms with Crippen molar-refractivity contribution in [3.63, 3.8) is 0 Å². The fourth-order valence-corrected chi connectivity index (χ4v) is 4.57. The highest BCUT2D eigenvalue weighted by molar-refractivity contribution is 7.84. The van der Waals surface area contributed by atoms with E-state index in [2.05, 4.69) is 22.0 Å². The first-order valence-electron chi connectivity index (χ1n) is 9.82. The fourth-order valence-electron chi connectivity index (χ4n) is 3.34. The van der Waals surface area contributed by atoms with Gasteiger partial charge in [-0.1, -0.05) is 25.1 Å². The second-order valence-corrected chi connectivity index (χ2v) is 8.47. The van der Waals surface area contributed by atoms with Crippen LogP contribution in [0.25, 0.3) is 0 Å². The number of piperazine rings is 1. The Labute approximate surface area is 169 Å². The van der Waals surface area contributed by atoms with Crippen molar-refractivity contribution in [1.29, 1.82) is 0 Å². The summed E-state index contributed by atoms with van der Waals surface area (Å²) in [5.41, 5.74) is 0.991. The van der Waals surface area contributed by atoms with E-state index < -0.39 is 10.8 Å². The average Bonchev–Trinajstić information content (AvgIpc) is 3.17. The summed E-state index contributed by atoms with van der Waals surface area (Å²) in [5, 5.41) is 2.92. The van der Waals surface area contributed by atoms with Gasteiger partial charge in [0.05, 0.1) is 16.6 Å². The number of carbonyl (C=O) groups excluding carboxylic acids is 1. The molecule has 0 bridgehead atoms. The first-order chi connectivity index (χ1) is 13.6. The standard InChI is InChI=1S/C21H29N3O3S/c1-3-23-12-14-24(15-13-23)11-10-22-21(25)19-9-8-18(27-19)16-28(26)20-7-5-4-6-17(20)2/h4-9H,3,10-16H2,1-2H3,(H,22,25). The molecule has 6 nitrogen and oxygen atoms in total. The zero-order chi connectivity index (χ0) is 19.9. The van der Waals surface area contributed by atoms with Crippen LogP contribution < -0.4 is 5.32 Å². The molecule has 3 rings (SSSR count). The molecule has 0 saturated carbocycles.